The minimum absolute atomic E-state index is 0.164. The van der Waals surface area contributed by atoms with Crippen molar-refractivity contribution < 1.29 is 14.6 Å². The van der Waals surface area contributed by atoms with Crippen LogP contribution >= 0.6 is 0 Å². The van der Waals surface area contributed by atoms with Crippen LogP contribution in [0.1, 0.15) is 32.6 Å². The van der Waals surface area contributed by atoms with Crippen LogP contribution in [0.5, 0.6) is 0 Å². The first-order valence-electron chi connectivity index (χ1n) is 10.9. The number of carbonyl (C=O) groups excluding carboxylic acids is 1. The lowest BCUT2D eigenvalue weighted by Gasteiger charge is -2.13. The van der Waals surface area contributed by atoms with E-state index < -0.39 is 17.5 Å². The van der Waals surface area contributed by atoms with Gasteiger partial charge < -0.3 is 20.5 Å². The molecule has 1 heterocycles. The Morgan fingerprint density at radius 1 is 1.00 bits per heavy atom. The summed E-state index contributed by atoms with van der Waals surface area (Å²) in [5.41, 5.74) is 2.54. The van der Waals surface area contributed by atoms with Crippen molar-refractivity contribution >= 4 is 33.4 Å². The molecule has 0 saturated heterocycles. The zero-order chi connectivity index (χ0) is 22.8. The van der Waals surface area contributed by atoms with Gasteiger partial charge in [-0.3, -0.25) is 4.79 Å². The molecule has 8 heteroatoms. The van der Waals surface area contributed by atoms with Crippen LogP contribution in [0.4, 0.5) is 5.69 Å². The van der Waals surface area contributed by atoms with Crippen molar-refractivity contribution in [1.82, 2.24) is 10.3 Å². The maximum Gasteiger partial charge on any atom is 0.527 e. The highest BCUT2D eigenvalue weighted by Crippen LogP contribution is 2.30. The third-order valence-electron chi connectivity index (χ3n) is 5.08. The predicted molar refractivity (Wildman–Crippen MR) is 126 cm³/mol. The van der Waals surface area contributed by atoms with Gasteiger partial charge in [-0.15, -0.1) is 0 Å². The van der Waals surface area contributed by atoms with Crippen molar-refractivity contribution in [1.29, 1.82) is 5.39 Å². The third-order valence-corrected chi connectivity index (χ3v) is 5.08. The molecule has 0 aliphatic rings. The highest BCUT2D eigenvalue weighted by molar-refractivity contribution is 6.07. The highest BCUT2D eigenvalue weighted by atomic mass is 16.6. The summed E-state index contributed by atoms with van der Waals surface area (Å²) in [7, 11) is 0. The molecule has 0 fully saturated rings. The number of aliphatic hydroxyl groups is 1. The van der Waals surface area contributed by atoms with Crippen LogP contribution in [0, 0.1) is 5.39 Å². The number of aliphatic hydroxyl groups excluding tert-OH is 1. The van der Waals surface area contributed by atoms with Crippen molar-refractivity contribution in [3.8, 4) is 0 Å². The number of pyridine rings is 1. The molecule has 1 aromatic heterocycles. The van der Waals surface area contributed by atoms with Crippen LogP contribution in [0.15, 0.2) is 60.2 Å². The average molecular weight is 435 g/mol. The van der Waals surface area contributed by atoms with Gasteiger partial charge >= 0.3 is 17.5 Å². The first-order chi connectivity index (χ1) is 15.7. The molecule has 3 rings (SSSR count). The molecule has 2 aromatic carbocycles. The zero-order valence-corrected chi connectivity index (χ0v) is 18.2. The second kappa shape index (κ2) is 11.5. The van der Waals surface area contributed by atoms with Crippen molar-refractivity contribution in [2.75, 3.05) is 25.0 Å². The van der Waals surface area contributed by atoms with Crippen molar-refractivity contribution in [3.63, 3.8) is 0 Å². The summed E-state index contributed by atoms with van der Waals surface area (Å²) < 4.78 is 4.79. The molecule has 0 atom stereocenters. The van der Waals surface area contributed by atoms with Crippen molar-refractivity contribution in [2.24, 2.45) is 0 Å². The largest absolute Gasteiger partial charge is 0.527 e. The van der Waals surface area contributed by atoms with Crippen LogP contribution in [0.2, 0.25) is 0 Å². The molecule has 0 aliphatic carbocycles. The molecule has 0 unspecified atom stereocenters. The van der Waals surface area contributed by atoms with Crippen LogP contribution < -0.4 is 10.6 Å². The van der Waals surface area contributed by atoms with Crippen LogP contribution in [0.25, 0.3) is 26.8 Å². The average Bonchev–Trinajstić information content (AvgIpc) is 2.80. The Hall–Kier alpha value is -3.86. The normalized spacial score (nSPS) is 11.6. The van der Waals surface area contributed by atoms with Gasteiger partial charge in [-0.1, -0.05) is 49.2 Å². The standard InChI is InChI=1S/C24H27N5O3/c1-2-32-24(31)22(29-25)23(30)27-16-10-4-3-9-15-26-21-17-11-5-7-13-19(17)28-20-14-8-6-12-18(20)21/h5-8,11-14H,2-4,9-10,15-16H2,1H3,(H2-,26,27,28,30,31)/p+1. The lowest BCUT2D eigenvalue weighted by Crippen LogP contribution is -2.26. The number of rotatable bonds is 11. The Kier molecular flexibility index (Phi) is 8.21. The molecule has 0 radical (unpaired) electrons. The molecule has 1 amide bonds. The van der Waals surface area contributed by atoms with Gasteiger partial charge in [0.2, 0.25) is 5.39 Å². The van der Waals surface area contributed by atoms with E-state index in [0.717, 1.165) is 59.7 Å². The summed E-state index contributed by atoms with van der Waals surface area (Å²) in [6, 6.07) is 16.3. The zero-order valence-electron chi connectivity index (χ0n) is 18.2. The molecule has 0 spiro atoms. The van der Waals surface area contributed by atoms with E-state index >= 15 is 0 Å². The van der Waals surface area contributed by atoms with E-state index in [1.807, 2.05) is 36.4 Å². The summed E-state index contributed by atoms with van der Waals surface area (Å²) in [6.45, 7) is 3.07. The number of nitrogens with one attached hydrogen (secondary N) is 2. The van der Waals surface area contributed by atoms with Gasteiger partial charge in [-0.05, 0) is 31.9 Å². The monoisotopic (exact) mass is 434 g/mol. The smallest absolute Gasteiger partial charge is 0.475 e. The fourth-order valence-electron chi connectivity index (χ4n) is 3.52. The number of fused-ring (bicyclic) bond motifs is 2. The fourth-order valence-corrected chi connectivity index (χ4v) is 3.52. The first kappa shape index (κ1) is 22.8. The molecule has 0 saturated carbocycles. The predicted octanol–water partition coefficient (Wildman–Crippen LogP) is 5.09. The molecule has 166 valence electrons. The second-order valence-electron chi connectivity index (χ2n) is 7.30. The Balaban J connectivity index is 1.45. The summed E-state index contributed by atoms with van der Waals surface area (Å²) >= 11 is 0. The van der Waals surface area contributed by atoms with E-state index in [1.165, 1.54) is 0 Å². The number of amides is 1. The topological polar surface area (TPSA) is 112 Å². The number of diazo groups is 1. The minimum Gasteiger partial charge on any atom is -0.475 e. The van der Waals surface area contributed by atoms with Crippen LogP contribution in [0.3, 0.4) is 0 Å². The molecular formula is C24H28N5O3+. The lowest BCUT2D eigenvalue weighted by molar-refractivity contribution is -0.117. The number of nitrogens with zero attached hydrogens (tertiary/aromatic N) is 3. The molecule has 3 aromatic rings. The number of aromatic nitrogens is 1. The minimum atomic E-state index is -0.685. The van der Waals surface area contributed by atoms with Gasteiger partial charge in [0.05, 0.1) is 23.3 Å². The number of hydrogen-bond donors (Lipinski definition) is 3. The van der Waals surface area contributed by atoms with Gasteiger partial charge in [-0.25, -0.2) is 4.98 Å². The Morgan fingerprint density at radius 2 is 1.59 bits per heavy atom. The third kappa shape index (κ3) is 5.64. The summed E-state index contributed by atoms with van der Waals surface area (Å²) in [6.07, 6.45) is 3.70. The van der Waals surface area contributed by atoms with E-state index in [4.69, 9.17) is 15.1 Å². The van der Waals surface area contributed by atoms with Gasteiger partial charge in [0.15, 0.2) is 4.98 Å². The molecule has 0 aliphatic heterocycles. The SMILES string of the molecule is CCO/C(O)=C(/[N+]#N)C(=O)NCCCCCCNc1c2ccccc2nc2ccccc12. The van der Waals surface area contributed by atoms with E-state index in [2.05, 4.69) is 27.7 Å². The molecule has 0 bridgehead atoms. The van der Waals surface area contributed by atoms with E-state index in [-0.39, 0.29) is 6.61 Å². The van der Waals surface area contributed by atoms with Crippen LogP contribution in [-0.2, 0) is 9.53 Å². The maximum absolute atomic E-state index is 11.9. The number of benzene rings is 2. The first-order valence-corrected chi connectivity index (χ1v) is 10.9. The van der Waals surface area contributed by atoms with Crippen LogP contribution in [-0.4, -0.2) is 35.7 Å². The van der Waals surface area contributed by atoms with Crippen molar-refractivity contribution in [3.05, 3.63) is 65.1 Å². The summed E-state index contributed by atoms with van der Waals surface area (Å²) in [4.78, 5) is 19.5. The van der Waals surface area contributed by atoms with E-state index in [1.54, 1.807) is 6.92 Å². The highest BCUT2D eigenvalue weighted by Gasteiger charge is 2.30. The van der Waals surface area contributed by atoms with Gasteiger partial charge in [0.1, 0.15) is 0 Å². The summed E-state index contributed by atoms with van der Waals surface area (Å²) in [5.74, 6) is -1.36. The second-order valence-corrected chi connectivity index (χ2v) is 7.30. The molecule has 32 heavy (non-hydrogen) atoms. The maximum atomic E-state index is 11.9. The quantitative estimate of drug-likeness (QED) is 0.127. The van der Waals surface area contributed by atoms with Crippen molar-refractivity contribution in [2.45, 2.75) is 32.6 Å². The fraction of sp³-hybridized carbons (Fsp3) is 0.333. The number of para-hydroxylation sites is 2. The molecular weight excluding hydrogens is 406 g/mol. The summed E-state index contributed by atoms with van der Waals surface area (Å²) in [5, 5.41) is 26.8. The van der Waals surface area contributed by atoms with E-state index in [9.17, 15) is 9.90 Å². The van der Waals surface area contributed by atoms with Gasteiger partial charge in [-0.2, -0.15) is 0 Å². The Bertz CT molecular complexity index is 1100. The molecule has 8 nitrogen and oxygen atoms in total. The van der Waals surface area contributed by atoms with Gasteiger partial charge in [0.25, 0.3) is 0 Å². The number of anilines is 1. The number of ether oxygens (including phenoxy) is 1. The number of carbonyl (C=O) groups is 1. The number of hydrogen-bond acceptors (Lipinski definition) is 6. The van der Waals surface area contributed by atoms with Gasteiger partial charge in [0, 0.05) is 23.9 Å². The Labute approximate surface area is 186 Å². The van der Waals surface area contributed by atoms with E-state index in [0.29, 0.717) is 6.54 Å². The lowest BCUT2D eigenvalue weighted by atomic mass is 10.1. The molecule has 3 N–H and O–H groups in total. The number of unbranched alkanes of at least 4 members (excludes halogenated alkanes) is 3. The Morgan fingerprint density at radius 3 is 2.19 bits per heavy atom.